The van der Waals surface area contributed by atoms with Crippen LogP contribution in [0.2, 0.25) is 0 Å². The third-order valence-corrected chi connectivity index (χ3v) is 6.45. The molecule has 0 heterocycles. The van der Waals surface area contributed by atoms with Gasteiger partial charge in [0.2, 0.25) is 0 Å². The Balaban J connectivity index is 0.000000279. The molecule has 0 aliphatic heterocycles. The van der Waals surface area contributed by atoms with Crippen molar-refractivity contribution in [2.75, 3.05) is 6.61 Å². The minimum atomic E-state index is 0.286. The molecule has 0 fully saturated rings. The van der Waals surface area contributed by atoms with Gasteiger partial charge in [0.1, 0.15) is 0 Å². The summed E-state index contributed by atoms with van der Waals surface area (Å²) in [6.07, 6.45) is 1.85. The Kier molecular flexibility index (Phi) is 22.8. The van der Waals surface area contributed by atoms with Gasteiger partial charge in [0.25, 0.3) is 0 Å². The zero-order chi connectivity index (χ0) is 33.7. The summed E-state index contributed by atoms with van der Waals surface area (Å²) < 4.78 is 0. The Morgan fingerprint density at radius 2 is 0.522 bits per heavy atom. The zero-order valence-electron chi connectivity index (χ0n) is 28.8. The summed E-state index contributed by atoms with van der Waals surface area (Å²) in [5.74, 6) is 0. The minimum Gasteiger partial charge on any atom is -0.396 e. The van der Waals surface area contributed by atoms with Crippen LogP contribution in [0.25, 0.3) is 0 Å². The fourth-order valence-electron chi connectivity index (χ4n) is 3.71. The molecule has 0 amide bonds. The number of rotatable bonds is 3. The molecule has 0 radical (unpaired) electrons. The lowest BCUT2D eigenvalue weighted by atomic mass is 10.1. The highest BCUT2D eigenvalue weighted by molar-refractivity contribution is 5.21. The smallest absolute Gasteiger partial charge is 0.0434 e. The topological polar surface area (TPSA) is 20.2 Å². The van der Waals surface area contributed by atoms with Crippen LogP contribution in [0, 0.1) is 41.5 Å². The number of aliphatic hydroxyl groups is 1. The SMILES string of the molecule is Cc1ccc(CCCO)cc1.Cc1ccccc1.Cc1ccccc1.Cc1ccccc1.Cc1ccccc1.Cc1ccccc1. The molecular weight excluding hydrogens is 556 g/mol. The van der Waals surface area contributed by atoms with Crippen molar-refractivity contribution in [3.8, 4) is 0 Å². The first-order valence-corrected chi connectivity index (χ1v) is 16.0. The molecule has 0 unspecified atom stereocenters. The summed E-state index contributed by atoms with van der Waals surface area (Å²) in [5, 5.41) is 8.58. The minimum absolute atomic E-state index is 0.286. The maximum absolute atomic E-state index is 8.58. The van der Waals surface area contributed by atoms with Crippen molar-refractivity contribution in [1.29, 1.82) is 0 Å². The Hall–Kier alpha value is -4.72. The summed E-state index contributed by atoms with van der Waals surface area (Å²) in [6, 6.07) is 59.7. The first kappa shape index (κ1) is 39.3. The number of hydrogen-bond acceptors (Lipinski definition) is 1. The quantitative estimate of drug-likeness (QED) is 0.211. The van der Waals surface area contributed by atoms with E-state index in [-0.39, 0.29) is 6.61 Å². The number of aryl methyl sites for hydroxylation is 7. The van der Waals surface area contributed by atoms with Crippen molar-refractivity contribution < 1.29 is 5.11 Å². The summed E-state index contributed by atoms with van der Waals surface area (Å²) >= 11 is 0. The number of hydrogen-bond donors (Lipinski definition) is 1. The largest absolute Gasteiger partial charge is 0.396 e. The molecule has 1 heteroatoms. The van der Waals surface area contributed by atoms with Gasteiger partial charge >= 0.3 is 0 Å². The molecule has 0 saturated heterocycles. The molecule has 1 N–H and O–H groups in total. The second-order valence-corrected chi connectivity index (χ2v) is 11.1. The van der Waals surface area contributed by atoms with E-state index in [1.807, 2.05) is 91.0 Å². The molecule has 0 atom stereocenters. The van der Waals surface area contributed by atoms with Crippen molar-refractivity contribution in [3.05, 3.63) is 215 Å². The molecule has 46 heavy (non-hydrogen) atoms. The summed E-state index contributed by atoms with van der Waals surface area (Å²) in [7, 11) is 0. The molecule has 6 aromatic carbocycles. The highest BCUT2D eigenvalue weighted by Crippen LogP contribution is 2.05. The highest BCUT2D eigenvalue weighted by atomic mass is 16.2. The molecule has 0 bridgehead atoms. The van der Waals surface area contributed by atoms with Crippen LogP contribution in [-0.4, -0.2) is 11.7 Å². The second-order valence-electron chi connectivity index (χ2n) is 11.1. The average molecular weight is 611 g/mol. The molecule has 240 valence electrons. The van der Waals surface area contributed by atoms with Crippen LogP contribution < -0.4 is 0 Å². The Morgan fingerprint density at radius 3 is 0.696 bits per heavy atom. The van der Waals surface area contributed by atoms with Crippen molar-refractivity contribution in [1.82, 2.24) is 0 Å². The van der Waals surface area contributed by atoms with Crippen molar-refractivity contribution in [3.63, 3.8) is 0 Å². The Bertz CT molecular complexity index is 1250. The lowest BCUT2D eigenvalue weighted by Crippen LogP contribution is -1.88. The maximum atomic E-state index is 8.58. The van der Waals surface area contributed by atoms with E-state index in [4.69, 9.17) is 5.11 Å². The van der Waals surface area contributed by atoms with E-state index < -0.39 is 0 Å². The van der Waals surface area contributed by atoms with E-state index in [2.05, 4.69) is 126 Å². The predicted molar refractivity (Wildman–Crippen MR) is 202 cm³/mol. The number of aliphatic hydroxyl groups excluding tert-OH is 1. The fraction of sp³-hybridized carbons (Fsp3) is 0.200. The third-order valence-electron chi connectivity index (χ3n) is 6.45. The first-order chi connectivity index (χ1) is 22.3. The van der Waals surface area contributed by atoms with Gasteiger partial charge in [0.15, 0.2) is 0 Å². The normalized spacial score (nSPS) is 9.02. The fourth-order valence-corrected chi connectivity index (χ4v) is 3.71. The molecule has 6 rings (SSSR count). The van der Waals surface area contributed by atoms with Crippen LogP contribution in [0.1, 0.15) is 45.4 Å². The lowest BCUT2D eigenvalue weighted by Gasteiger charge is -1.98. The molecule has 0 saturated carbocycles. The lowest BCUT2D eigenvalue weighted by molar-refractivity contribution is 0.288. The Labute approximate surface area is 280 Å². The maximum Gasteiger partial charge on any atom is 0.0434 e. The van der Waals surface area contributed by atoms with Gasteiger partial charge in [-0.2, -0.15) is 0 Å². The summed E-state index contributed by atoms with van der Waals surface area (Å²) in [4.78, 5) is 0. The summed E-state index contributed by atoms with van der Waals surface area (Å²) in [6.45, 7) is 12.8. The van der Waals surface area contributed by atoms with Gasteiger partial charge in [-0.15, -0.1) is 0 Å². The van der Waals surface area contributed by atoms with Gasteiger partial charge in [-0.1, -0.05) is 209 Å². The molecule has 1 nitrogen and oxygen atoms in total. The van der Waals surface area contributed by atoms with Gasteiger partial charge in [-0.05, 0) is 59.9 Å². The van der Waals surface area contributed by atoms with Gasteiger partial charge in [-0.25, -0.2) is 0 Å². The van der Waals surface area contributed by atoms with E-state index in [0.29, 0.717) is 0 Å². The van der Waals surface area contributed by atoms with Gasteiger partial charge in [0, 0.05) is 6.61 Å². The third kappa shape index (κ3) is 23.7. The van der Waals surface area contributed by atoms with Crippen LogP contribution >= 0.6 is 0 Å². The summed E-state index contributed by atoms with van der Waals surface area (Å²) in [5.41, 5.74) is 9.21. The molecule has 6 aromatic rings. The molecule has 0 aliphatic rings. The van der Waals surface area contributed by atoms with Crippen LogP contribution in [0.3, 0.4) is 0 Å². The average Bonchev–Trinajstić information content (AvgIpc) is 3.08. The Morgan fingerprint density at radius 1 is 0.304 bits per heavy atom. The van der Waals surface area contributed by atoms with Crippen LogP contribution in [0.5, 0.6) is 0 Å². The van der Waals surface area contributed by atoms with E-state index in [1.165, 1.54) is 38.9 Å². The number of benzene rings is 6. The van der Waals surface area contributed by atoms with E-state index in [9.17, 15) is 0 Å². The van der Waals surface area contributed by atoms with Gasteiger partial charge in [-0.3, -0.25) is 0 Å². The van der Waals surface area contributed by atoms with E-state index in [0.717, 1.165) is 12.8 Å². The van der Waals surface area contributed by atoms with Gasteiger partial charge in [0.05, 0.1) is 0 Å². The monoisotopic (exact) mass is 610 g/mol. The molecule has 0 spiro atoms. The predicted octanol–water partition coefficient (Wildman–Crippen LogP) is 11.9. The van der Waals surface area contributed by atoms with E-state index >= 15 is 0 Å². The van der Waals surface area contributed by atoms with Crippen molar-refractivity contribution >= 4 is 0 Å². The zero-order valence-corrected chi connectivity index (χ0v) is 28.8. The molecule has 0 aromatic heterocycles. The molecular formula is C45H54O. The van der Waals surface area contributed by atoms with Crippen LogP contribution in [-0.2, 0) is 6.42 Å². The second kappa shape index (κ2) is 26.7. The van der Waals surface area contributed by atoms with Crippen molar-refractivity contribution in [2.45, 2.75) is 54.4 Å². The van der Waals surface area contributed by atoms with E-state index in [1.54, 1.807) is 0 Å². The first-order valence-electron chi connectivity index (χ1n) is 16.0. The van der Waals surface area contributed by atoms with Gasteiger partial charge < -0.3 is 5.11 Å². The highest BCUT2D eigenvalue weighted by Gasteiger charge is 1.90. The molecule has 0 aliphatic carbocycles. The van der Waals surface area contributed by atoms with Crippen molar-refractivity contribution in [2.24, 2.45) is 0 Å². The standard InChI is InChI=1S/C10H14O.5C7H8/c1-9-4-6-10(7-5-9)3-2-8-11;5*1-7-5-3-2-4-6-7/h4-7,11H,2-3,8H2,1H3;5*2-6H,1H3. The van der Waals surface area contributed by atoms with Crippen LogP contribution in [0.15, 0.2) is 176 Å². The van der Waals surface area contributed by atoms with Crippen LogP contribution in [0.4, 0.5) is 0 Å².